The van der Waals surface area contributed by atoms with Crippen LogP contribution < -0.4 is 0 Å². The van der Waals surface area contributed by atoms with Gasteiger partial charge >= 0.3 is 0 Å². The summed E-state index contributed by atoms with van der Waals surface area (Å²) in [7, 11) is 0. The van der Waals surface area contributed by atoms with Crippen LogP contribution in [0.15, 0.2) is 12.3 Å². The van der Waals surface area contributed by atoms with Crippen LogP contribution in [0.25, 0.3) is 11.0 Å². The number of amides is 1. The number of hydrogen-bond donors (Lipinski definition) is 1. The van der Waals surface area contributed by atoms with E-state index in [0.717, 1.165) is 42.7 Å². The first kappa shape index (κ1) is 13.1. The Labute approximate surface area is 117 Å². The lowest BCUT2D eigenvalue weighted by Gasteiger charge is -2.14. The van der Waals surface area contributed by atoms with Gasteiger partial charge in [0.2, 0.25) is 0 Å². The van der Waals surface area contributed by atoms with Crippen LogP contribution in [0, 0.1) is 6.92 Å². The van der Waals surface area contributed by atoms with Crippen LogP contribution in [0.2, 0.25) is 0 Å². The minimum absolute atomic E-state index is 0.0202. The lowest BCUT2D eigenvalue weighted by molar-refractivity contribution is 0.0792. The minimum Gasteiger partial charge on any atom is -0.394 e. The van der Waals surface area contributed by atoms with Crippen molar-refractivity contribution >= 4 is 16.9 Å². The molecule has 0 aliphatic carbocycles. The van der Waals surface area contributed by atoms with E-state index in [0.29, 0.717) is 12.1 Å². The molecule has 2 aromatic rings. The molecule has 1 N–H and O–H groups in total. The van der Waals surface area contributed by atoms with Gasteiger partial charge in [-0.3, -0.25) is 4.79 Å². The molecule has 6 heteroatoms. The summed E-state index contributed by atoms with van der Waals surface area (Å²) in [6.07, 6.45) is 3.77. The fourth-order valence-corrected chi connectivity index (χ4v) is 2.68. The Morgan fingerprint density at radius 3 is 2.85 bits per heavy atom. The summed E-state index contributed by atoms with van der Waals surface area (Å²) in [5.41, 5.74) is 2.16. The fourth-order valence-electron chi connectivity index (χ4n) is 2.68. The number of carbonyl (C=O) groups excluding carboxylic acids is 1. The Balaban J connectivity index is 1.98. The van der Waals surface area contributed by atoms with Crippen LogP contribution >= 0.6 is 0 Å². The fraction of sp³-hybridized carbons (Fsp3) is 0.500. The van der Waals surface area contributed by atoms with Crippen molar-refractivity contribution in [2.24, 2.45) is 0 Å². The topological polar surface area (TPSA) is 71.2 Å². The zero-order chi connectivity index (χ0) is 14.1. The summed E-state index contributed by atoms with van der Waals surface area (Å²) in [6.45, 7) is 3.99. The highest BCUT2D eigenvalue weighted by atomic mass is 16.3. The molecule has 1 amide bonds. The Morgan fingerprint density at radius 1 is 1.40 bits per heavy atom. The monoisotopic (exact) mass is 274 g/mol. The predicted molar refractivity (Wildman–Crippen MR) is 74.5 cm³/mol. The van der Waals surface area contributed by atoms with E-state index in [2.05, 4.69) is 10.1 Å². The molecule has 6 nitrogen and oxygen atoms in total. The van der Waals surface area contributed by atoms with Crippen molar-refractivity contribution in [2.75, 3.05) is 19.7 Å². The Bertz CT molecular complexity index is 644. The number of aryl methyl sites for hydroxylation is 1. The standard InChI is InChI=1S/C14H18N4O2/c1-10-12-8-11(14(20)17-4-2-3-5-17)9-15-13(12)18(16-10)6-7-19/h8-9,19H,2-7H2,1H3. The van der Waals surface area contributed by atoms with E-state index in [-0.39, 0.29) is 12.5 Å². The lowest BCUT2D eigenvalue weighted by Crippen LogP contribution is -2.27. The highest BCUT2D eigenvalue weighted by Gasteiger charge is 2.21. The zero-order valence-electron chi connectivity index (χ0n) is 11.5. The summed E-state index contributed by atoms with van der Waals surface area (Å²) in [5.74, 6) is 0.0474. The van der Waals surface area contributed by atoms with Gasteiger partial charge in [-0.05, 0) is 25.8 Å². The average Bonchev–Trinajstić information content (AvgIpc) is 3.08. The van der Waals surface area contributed by atoms with Crippen molar-refractivity contribution in [1.29, 1.82) is 0 Å². The van der Waals surface area contributed by atoms with Gasteiger partial charge in [-0.2, -0.15) is 5.10 Å². The normalized spacial score (nSPS) is 15.2. The van der Waals surface area contributed by atoms with Crippen LogP contribution in [0.5, 0.6) is 0 Å². The van der Waals surface area contributed by atoms with Crippen LogP contribution in [0.1, 0.15) is 28.9 Å². The van der Waals surface area contributed by atoms with E-state index in [1.165, 1.54) is 0 Å². The first-order valence-electron chi connectivity index (χ1n) is 6.94. The molecule has 0 unspecified atom stereocenters. The van der Waals surface area contributed by atoms with E-state index >= 15 is 0 Å². The Hall–Kier alpha value is -1.95. The molecule has 1 aliphatic heterocycles. The molecule has 3 rings (SSSR count). The molecule has 3 heterocycles. The number of aliphatic hydroxyl groups excluding tert-OH is 1. The van der Waals surface area contributed by atoms with E-state index in [1.54, 1.807) is 10.9 Å². The number of nitrogens with zero attached hydrogens (tertiary/aromatic N) is 4. The average molecular weight is 274 g/mol. The number of rotatable bonds is 3. The quantitative estimate of drug-likeness (QED) is 0.905. The maximum atomic E-state index is 12.4. The van der Waals surface area contributed by atoms with E-state index in [4.69, 9.17) is 5.11 Å². The maximum Gasteiger partial charge on any atom is 0.255 e. The summed E-state index contributed by atoms with van der Waals surface area (Å²) in [5, 5.41) is 14.3. The number of carbonyl (C=O) groups is 1. The van der Waals surface area contributed by atoms with Crippen molar-refractivity contribution < 1.29 is 9.90 Å². The van der Waals surface area contributed by atoms with Gasteiger partial charge in [0, 0.05) is 24.7 Å². The minimum atomic E-state index is 0.0202. The van der Waals surface area contributed by atoms with Crippen molar-refractivity contribution in [3.63, 3.8) is 0 Å². The van der Waals surface area contributed by atoms with Gasteiger partial charge in [0.15, 0.2) is 5.65 Å². The molecule has 1 saturated heterocycles. The highest BCUT2D eigenvalue weighted by Crippen LogP contribution is 2.19. The SMILES string of the molecule is Cc1nn(CCO)c2ncc(C(=O)N3CCCC3)cc12. The first-order chi connectivity index (χ1) is 9.70. The Kier molecular flexibility index (Phi) is 3.40. The van der Waals surface area contributed by atoms with E-state index in [1.807, 2.05) is 17.9 Å². The molecule has 0 aromatic carbocycles. The van der Waals surface area contributed by atoms with Crippen molar-refractivity contribution in [2.45, 2.75) is 26.3 Å². The molecule has 106 valence electrons. The second-order valence-electron chi connectivity index (χ2n) is 5.13. The van der Waals surface area contributed by atoms with Crippen LogP contribution in [-0.4, -0.2) is 50.4 Å². The first-order valence-corrected chi connectivity index (χ1v) is 6.94. The second kappa shape index (κ2) is 5.20. The molecule has 2 aromatic heterocycles. The van der Waals surface area contributed by atoms with Crippen molar-refractivity contribution in [3.05, 3.63) is 23.5 Å². The van der Waals surface area contributed by atoms with Gasteiger partial charge in [0.1, 0.15) is 0 Å². The molecule has 1 aliphatic rings. The number of fused-ring (bicyclic) bond motifs is 1. The van der Waals surface area contributed by atoms with Gasteiger partial charge in [-0.25, -0.2) is 9.67 Å². The van der Waals surface area contributed by atoms with Crippen LogP contribution in [-0.2, 0) is 6.54 Å². The summed E-state index contributed by atoms with van der Waals surface area (Å²) in [6, 6.07) is 1.86. The third-order valence-corrected chi connectivity index (χ3v) is 3.72. The largest absolute Gasteiger partial charge is 0.394 e. The van der Waals surface area contributed by atoms with Gasteiger partial charge < -0.3 is 10.0 Å². The van der Waals surface area contributed by atoms with E-state index in [9.17, 15) is 4.79 Å². The number of aliphatic hydroxyl groups is 1. The van der Waals surface area contributed by atoms with Gasteiger partial charge in [-0.15, -0.1) is 0 Å². The molecule has 0 bridgehead atoms. The van der Waals surface area contributed by atoms with Gasteiger partial charge in [-0.1, -0.05) is 0 Å². The van der Waals surface area contributed by atoms with Gasteiger partial charge in [0.05, 0.1) is 24.4 Å². The number of aromatic nitrogens is 3. The van der Waals surface area contributed by atoms with Crippen molar-refractivity contribution in [3.8, 4) is 0 Å². The smallest absolute Gasteiger partial charge is 0.255 e. The summed E-state index contributed by atoms with van der Waals surface area (Å²) >= 11 is 0. The molecule has 20 heavy (non-hydrogen) atoms. The molecule has 0 saturated carbocycles. The summed E-state index contributed by atoms with van der Waals surface area (Å²) < 4.78 is 1.68. The van der Waals surface area contributed by atoms with Crippen molar-refractivity contribution in [1.82, 2.24) is 19.7 Å². The predicted octanol–water partition coefficient (Wildman–Crippen LogP) is 0.968. The lowest BCUT2D eigenvalue weighted by atomic mass is 10.2. The number of hydrogen-bond acceptors (Lipinski definition) is 4. The molecular formula is C14H18N4O2. The van der Waals surface area contributed by atoms with E-state index < -0.39 is 0 Å². The Morgan fingerprint density at radius 2 is 2.15 bits per heavy atom. The third kappa shape index (κ3) is 2.16. The molecule has 1 fully saturated rings. The number of pyridine rings is 1. The van der Waals surface area contributed by atoms with Crippen LogP contribution in [0.3, 0.4) is 0 Å². The summed E-state index contributed by atoms with van der Waals surface area (Å²) in [4.78, 5) is 18.6. The number of likely N-dealkylation sites (tertiary alicyclic amines) is 1. The van der Waals surface area contributed by atoms with Gasteiger partial charge in [0.25, 0.3) is 5.91 Å². The molecule has 0 spiro atoms. The molecule has 0 radical (unpaired) electrons. The van der Waals surface area contributed by atoms with Crippen LogP contribution in [0.4, 0.5) is 0 Å². The molecular weight excluding hydrogens is 256 g/mol. The maximum absolute atomic E-state index is 12.4. The molecule has 0 atom stereocenters. The highest BCUT2D eigenvalue weighted by molar-refractivity contribution is 5.97. The second-order valence-corrected chi connectivity index (χ2v) is 5.13. The third-order valence-electron chi connectivity index (χ3n) is 3.72. The zero-order valence-corrected chi connectivity index (χ0v) is 11.5.